The van der Waals surface area contributed by atoms with Gasteiger partial charge in [0.05, 0.1) is 24.7 Å². The lowest BCUT2D eigenvalue weighted by atomic mass is 10.1. The molecule has 0 fully saturated rings. The standard InChI is InChI=1S/C24H22N2O2/c1-17-21(15-22(27)28-2)20-13-14-25-23(19-11-7-4-8-12-19)24(20)26(17)16-18-9-5-3-6-10-18/h3-14H,15-16H2,1-2H3. The van der Waals surface area contributed by atoms with Crippen LogP contribution in [0.3, 0.4) is 0 Å². The Labute approximate surface area is 164 Å². The number of carbonyl (C=O) groups is 1. The summed E-state index contributed by atoms with van der Waals surface area (Å²) in [6, 6.07) is 22.5. The SMILES string of the molecule is COC(=O)Cc1c(C)n(Cc2ccccc2)c2c(-c3ccccc3)nccc12. The first-order valence-electron chi connectivity index (χ1n) is 9.32. The molecule has 0 atom stereocenters. The molecule has 28 heavy (non-hydrogen) atoms. The third-order valence-corrected chi connectivity index (χ3v) is 5.14. The number of nitrogens with zero attached hydrogens (tertiary/aromatic N) is 2. The molecule has 4 rings (SSSR count). The second-order valence-corrected chi connectivity index (χ2v) is 6.81. The normalized spacial score (nSPS) is 10.9. The topological polar surface area (TPSA) is 44.1 Å². The van der Waals surface area contributed by atoms with E-state index in [1.165, 1.54) is 12.7 Å². The van der Waals surface area contributed by atoms with Crippen LogP contribution in [0.25, 0.3) is 22.2 Å². The molecule has 0 aliphatic rings. The highest BCUT2D eigenvalue weighted by Crippen LogP contribution is 2.33. The molecule has 0 N–H and O–H groups in total. The average Bonchev–Trinajstić information content (AvgIpc) is 3.01. The van der Waals surface area contributed by atoms with Gasteiger partial charge in [-0.15, -0.1) is 0 Å². The summed E-state index contributed by atoms with van der Waals surface area (Å²) >= 11 is 0. The van der Waals surface area contributed by atoms with Crippen LogP contribution in [0, 0.1) is 6.92 Å². The van der Waals surface area contributed by atoms with E-state index in [9.17, 15) is 4.79 Å². The number of esters is 1. The predicted octanol–water partition coefficient (Wildman–Crippen LogP) is 4.78. The van der Waals surface area contributed by atoms with Crippen LogP contribution < -0.4 is 0 Å². The van der Waals surface area contributed by atoms with E-state index in [4.69, 9.17) is 9.72 Å². The van der Waals surface area contributed by atoms with E-state index < -0.39 is 0 Å². The molecule has 4 heteroatoms. The minimum atomic E-state index is -0.236. The summed E-state index contributed by atoms with van der Waals surface area (Å²) in [4.78, 5) is 16.7. The molecule has 0 aliphatic carbocycles. The highest BCUT2D eigenvalue weighted by atomic mass is 16.5. The molecule has 0 amide bonds. The number of carbonyl (C=O) groups excluding carboxylic acids is 1. The van der Waals surface area contributed by atoms with Crippen LogP contribution in [-0.2, 0) is 22.5 Å². The van der Waals surface area contributed by atoms with Crippen molar-refractivity contribution in [1.29, 1.82) is 0 Å². The van der Waals surface area contributed by atoms with Crippen molar-refractivity contribution >= 4 is 16.9 Å². The summed E-state index contributed by atoms with van der Waals surface area (Å²) in [6.07, 6.45) is 2.07. The third kappa shape index (κ3) is 3.29. The van der Waals surface area contributed by atoms with Crippen molar-refractivity contribution in [3.8, 4) is 11.3 Å². The summed E-state index contributed by atoms with van der Waals surface area (Å²) in [7, 11) is 1.43. The van der Waals surface area contributed by atoms with Crippen LogP contribution in [0.2, 0.25) is 0 Å². The number of ether oxygens (including phenoxy) is 1. The number of pyridine rings is 1. The lowest BCUT2D eigenvalue weighted by Crippen LogP contribution is -2.07. The molecule has 0 spiro atoms. The van der Waals surface area contributed by atoms with Crippen molar-refractivity contribution in [3.05, 3.63) is 89.7 Å². The van der Waals surface area contributed by atoms with Crippen LogP contribution in [0.5, 0.6) is 0 Å². The molecule has 2 aromatic heterocycles. The molecule has 4 aromatic rings. The Hall–Kier alpha value is -3.40. The van der Waals surface area contributed by atoms with Crippen molar-refractivity contribution in [2.75, 3.05) is 7.11 Å². The maximum atomic E-state index is 12.1. The fourth-order valence-electron chi connectivity index (χ4n) is 3.71. The van der Waals surface area contributed by atoms with E-state index in [0.29, 0.717) is 0 Å². The van der Waals surface area contributed by atoms with Crippen LogP contribution in [0.1, 0.15) is 16.8 Å². The Balaban J connectivity index is 1.97. The Morgan fingerprint density at radius 2 is 1.68 bits per heavy atom. The predicted molar refractivity (Wildman–Crippen MR) is 111 cm³/mol. The molecular weight excluding hydrogens is 348 g/mol. The Morgan fingerprint density at radius 1 is 1.00 bits per heavy atom. The van der Waals surface area contributed by atoms with Gasteiger partial charge in [0.2, 0.25) is 0 Å². The van der Waals surface area contributed by atoms with Gasteiger partial charge in [0.1, 0.15) is 0 Å². The maximum absolute atomic E-state index is 12.1. The van der Waals surface area contributed by atoms with Crippen molar-refractivity contribution < 1.29 is 9.53 Å². The van der Waals surface area contributed by atoms with Gasteiger partial charge >= 0.3 is 5.97 Å². The van der Waals surface area contributed by atoms with Gasteiger partial charge in [0, 0.05) is 29.4 Å². The Morgan fingerprint density at radius 3 is 2.36 bits per heavy atom. The fourth-order valence-corrected chi connectivity index (χ4v) is 3.71. The van der Waals surface area contributed by atoms with E-state index in [-0.39, 0.29) is 12.4 Å². The second-order valence-electron chi connectivity index (χ2n) is 6.81. The fraction of sp³-hybridized carbons (Fsp3) is 0.167. The van der Waals surface area contributed by atoms with Gasteiger partial charge in [-0.2, -0.15) is 0 Å². The average molecular weight is 370 g/mol. The molecule has 4 nitrogen and oxygen atoms in total. The van der Waals surface area contributed by atoms with Gasteiger partial charge in [-0.05, 0) is 24.1 Å². The molecule has 0 radical (unpaired) electrons. The van der Waals surface area contributed by atoms with Crippen LogP contribution >= 0.6 is 0 Å². The highest BCUT2D eigenvalue weighted by Gasteiger charge is 2.20. The lowest BCUT2D eigenvalue weighted by Gasteiger charge is -2.11. The molecule has 2 heterocycles. The van der Waals surface area contributed by atoms with Gasteiger partial charge in [0.15, 0.2) is 0 Å². The van der Waals surface area contributed by atoms with Crippen LogP contribution in [0.15, 0.2) is 72.9 Å². The largest absolute Gasteiger partial charge is 0.469 e. The van der Waals surface area contributed by atoms with Gasteiger partial charge in [-0.3, -0.25) is 9.78 Å². The molecule has 0 saturated carbocycles. The first-order valence-corrected chi connectivity index (χ1v) is 9.32. The number of methoxy groups -OCH3 is 1. The molecule has 2 aromatic carbocycles. The molecular formula is C24H22N2O2. The van der Waals surface area contributed by atoms with E-state index >= 15 is 0 Å². The number of benzene rings is 2. The van der Waals surface area contributed by atoms with Crippen LogP contribution in [0.4, 0.5) is 0 Å². The third-order valence-electron chi connectivity index (χ3n) is 5.14. The zero-order valence-electron chi connectivity index (χ0n) is 16.1. The van der Waals surface area contributed by atoms with E-state index in [0.717, 1.165) is 40.0 Å². The molecule has 0 bridgehead atoms. The number of rotatable bonds is 5. The summed E-state index contributed by atoms with van der Waals surface area (Å²) in [5.41, 5.74) is 6.30. The van der Waals surface area contributed by atoms with Crippen molar-refractivity contribution in [2.45, 2.75) is 19.9 Å². The van der Waals surface area contributed by atoms with Gasteiger partial charge < -0.3 is 9.30 Å². The zero-order valence-corrected chi connectivity index (χ0v) is 16.1. The van der Waals surface area contributed by atoms with Crippen LogP contribution in [-0.4, -0.2) is 22.6 Å². The zero-order chi connectivity index (χ0) is 19.5. The smallest absolute Gasteiger partial charge is 0.310 e. The Kier molecular flexibility index (Phi) is 4.94. The minimum Gasteiger partial charge on any atom is -0.469 e. The summed E-state index contributed by atoms with van der Waals surface area (Å²) in [6.45, 7) is 2.78. The molecule has 0 saturated heterocycles. The number of aromatic nitrogens is 2. The summed E-state index contributed by atoms with van der Waals surface area (Å²) < 4.78 is 7.20. The highest BCUT2D eigenvalue weighted by molar-refractivity contribution is 5.97. The minimum absolute atomic E-state index is 0.236. The summed E-state index contributed by atoms with van der Waals surface area (Å²) in [5, 5.41) is 1.05. The molecule has 0 unspecified atom stereocenters. The monoisotopic (exact) mass is 370 g/mol. The van der Waals surface area contributed by atoms with E-state index in [1.54, 1.807) is 0 Å². The van der Waals surface area contributed by atoms with Crippen molar-refractivity contribution in [1.82, 2.24) is 9.55 Å². The lowest BCUT2D eigenvalue weighted by molar-refractivity contribution is -0.139. The van der Waals surface area contributed by atoms with Gasteiger partial charge in [-0.25, -0.2) is 0 Å². The first-order chi connectivity index (χ1) is 13.7. The van der Waals surface area contributed by atoms with E-state index in [2.05, 4.69) is 35.8 Å². The first kappa shape index (κ1) is 18.0. The Bertz CT molecular complexity index is 1120. The quantitative estimate of drug-likeness (QED) is 0.475. The van der Waals surface area contributed by atoms with Crippen molar-refractivity contribution in [2.24, 2.45) is 0 Å². The molecule has 140 valence electrons. The summed E-state index contributed by atoms with van der Waals surface area (Å²) in [5.74, 6) is -0.236. The second kappa shape index (κ2) is 7.69. The van der Waals surface area contributed by atoms with E-state index in [1.807, 2.05) is 48.7 Å². The number of hydrogen-bond acceptors (Lipinski definition) is 3. The molecule has 0 aliphatic heterocycles. The number of fused-ring (bicyclic) bond motifs is 1. The van der Waals surface area contributed by atoms with Crippen molar-refractivity contribution in [3.63, 3.8) is 0 Å². The maximum Gasteiger partial charge on any atom is 0.310 e. The van der Waals surface area contributed by atoms with Gasteiger partial charge in [0.25, 0.3) is 0 Å². The number of hydrogen-bond donors (Lipinski definition) is 0. The van der Waals surface area contributed by atoms with Gasteiger partial charge in [-0.1, -0.05) is 60.7 Å².